The van der Waals surface area contributed by atoms with Crippen molar-refractivity contribution in [1.82, 2.24) is 24.9 Å². The molecule has 0 amide bonds. The number of aromatic nitrogens is 4. The Labute approximate surface area is 240 Å². The molecule has 1 saturated carbocycles. The number of aromatic amines is 1. The number of aryl methyl sites for hydroxylation is 2. The zero-order valence-electron chi connectivity index (χ0n) is 23.2. The van der Waals surface area contributed by atoms with Crippen LogP contribution in [0.1, 0.15) is 60.1 Å². The lowest BCUT2D eigenvalue weighted by Gasteiger charge is -2.32. The molecule has 2 aromatic carbocycles. The third-order valence-corrected chi connectivity index (χ3v) is 9.95. The van der Waals surface area contributed by atoms with Gasteiger partial charge in [-0.1, -0.05) is 17.3 Å². The minimum absolute atomic E-state index is 0.0344. The second-order valence-electron chi connectivity index (χ2n) is 11.4. The molecule has 1 aliphatic heterocycles. The molecule has 9 nitrogen and oxygen atoms in total. The Kier molecular flexibility index (Phi) is 6.02. The Morgan fingerprint density at radius 1 is 1.24 bits per heavy atom. The molecule has 210 valence electrons. The summed E-state index contributed by atoms with van der Waals surface area (Å²) in [4.78, 5) is 29.7. The number of H-pyrrole nitrogens is 1. The van der Waals surface area contributed by atoms with E-state index in [0.717, 1.165) is 63.0 Å². The van der Waals surface area contributed by atoms with E-state index >= 15 is 0 Å². The smallest absolute Gasteiger partial charge is 0.304 e. The number of rotatable bonds is 6. The molecule has 0 unspecified atom stereocenters. The van der Waals surface area contributed by atoms with Crippen LogP contribution in [0.5, 0.6) is 5.75 Å². The first-order valence-electron chi connectivity index (χ1n) is 13.9. The predicted molar refractivity (Wildman–Crippen MR) is 158 cm³/mol. The monoisotopic (exact) mass is 569 g/mol. The van der Waals surface area contributed by atoms with Gasteiger partial charge in [-0.25, -0.2) is 4.68 Å². The largest absolute Gasteiger partial charge is 0.484 e. The molecule has 0 saturated heterocycles. The van der Waals surface area contributed by atoms with Crippen molar-refractivity contribution in [2.45, 2.75) is 63.8 Å². The van der Waals surface area contributed by atoms with Crippen molar-refractivity contribution >= 4 is 38.4 Å². The summed E-state index contributed by atoms with van der Waals surface area (Å²) in [7, 11) is 1.86. The van der Waals surface area contributed by atoms with Gasteiger partial charge >= 0.3 is 5.97 Å². The second-order valence-corrected chi connectivity index (χ2v) is 12.4. The minimum atomic E-state index is -0.852. The van der Waals surface area contributed by atoms with E-state index in [4.69, 9.17) is 4.74 Å². The Bertz CT molecular complexity index is 1880. The van der Waals surface area contributed by atoms with E-state index in [1.54, 1.807) is 22.1 Å². The number of aliphatic carboxylic acids is 1. The summed E-state index contributed by atoms with van der Waals surface area (Å²) in [5.74, 6) is -0.447. The fourth-order valence-electron chi connectivity index (χ4n) is 6.46. The normalized spacial score (nSPS) is 18.8. The minimum Gasteiger partial charge on any atom is -0.484 e. The number of nitrogens with zero attached hydrogens (tertiary/aromatic N) is 4. The molecule has 1 aliphatic carbocycles. The molecular weight excluding hydrogens is 538 g/mol. The number of carboxylic acid groups (broad SMARTS) is 1. The van der Waals surface area contributed by atoms with Gasteiger partial charge in [0.2, 0.25) is 5.56 Å². The topological polar surface area (TPSA) is 113 Å². The van der Waals surface area contributed by atoms with Gasteiger partial charge in [0.25, 0.3) is 0 Å². The zero-order valence-corrected chi connectivity index (χ0v) is 24.0. The summed E-state index contributed by atoms with van der Waals surface area (Å²) in [5.41, 5.74) is 6.11. The Balaban J connectivity index is 1.32. The molecule has 0 bridgehead atoms. The SMILES string of the molecule is Cc1c([C@@H](CC(=O)O)c2cc(CN3Cc4[nH]c(=O)ccc4OC4(CC4)[C@@H]3C)c3sccc3c2)ccc2c1nnn2C. The molecular formula is C31H31N5O4S. The summed E-state index contributed by atoms with van der Waals surface area (Å²) in [6.07, 6.45) is 1.92. The molecule has 0 radical (unpaired) electrons. The lowest BCUT2D eigenvalue weighted by Crippen LogP contribution is -2.43. The van der Waals surface area contributed by atoms with Gasteiger partial charge in [-0.2, -0.15) is 0 Å². The van der Waals surface area contributed by atoms with Crippen molar-refractivity contribution in [3.05, 3.63) is 86.1 Å². The summed E-state index contributed by atoms with van der Waals surface area (Å²) >= 11 is 1.70. The third kappa shape index (κ3) is 4.42. The number of hydrogen-bond acceptors (Lipinski definition) is 7. The standard InChI is InChI=1S/C31H31N5O4S/c1-17-22(4-5-25-29(17)33-34-35(25)3)23(14-28(38)39)20-12-19-8-11-41-30(19)21(13-20)15-36-16-24-26(6-7-27(37)32-24)40-31(9-10-31)18(36)2/h4-8,11-13,18,23H,9-10,14-16H2,1-3H3,(H,32,37)(H,38,39)/t18-,23-/m0/s1. The van der Waals surface area contributed by atoms with Crippen LogP contribution < -0.4 is 10.3 Å². The van der Waals surface area contributed by atoms with Gasteiger partial charge in [-0.3, -0.25) is 14.5 Å². The highest BCUT2D eigenvalue weighted by molar-refractivity contribution is 7.17. The van der Waals surface area contributed by atoms with E-state index in [-0.39, 0.29) is 29.5 Å². The molecule has 2 atom stereocenters. The molecule has 5 aromatic rings. The van der Waals surface area contributed by atoms with Gasteiger partial charge in [0.1, 0.15) is 16.9 Å². The number of hydrogen-bond donors (Lipinski definition) is 2. The van der Waals surface area contributed by atoms with Crippen LogP contribution in [-0.4, -0.2) is 47.6 Å². The molecule has 3 aromatic heterocycles. The van der Waals surface area contributed by atoms with E-state index < -0.39 is 5.97 Å². The highest BCUT2D eigenvalue weighted by Crippen LogP contribution is 2.48. The molecule has 1 spiro atoms. The van der Waals surface area contributed by atoms with Crippen LogP contribution in [0.15, 0.2) is 52.6 Å². The molecule has 7 rings (SSSR count). The average Bonchev–Trinajstić information content (AvgIpc) is 3.41. The van der Waals surface area contributed by atoms with Gasteiger partial charge in [0, 0.05) is 42.9 Å². The van der Waals surface area contributed by atoms with Gasteiger partial charge in [0.05, 0.1) is 17.6 Å². The van der Waals surface area contributed by atoms with Crippen LogP contribution in [-0.2, 0) is 24.9 Å². The number of ether oxygens (including phenoxy) is 1. The first kappa shape index (κ1) is 25.9. The van der Waals surface area contributed by atoms with E-state index in [9.17, 15) is 14.7 Å². The Hall–Kier alpha value is -4.02. The fourth-order valence-corrected chi connectivity index (χ4v) is 7.35. The van der Waals surface area contributed by atoms with E-state index in [1.807, 2.05) is 26.1 Å². The third-order valence-electron chi connectivity index (χ3n) is 8.94. The first-order chi connectivity index (χ1) is 19.7. The summed E-state index contributed by atoms with van der Waals surface area (Å²) < 4.78 is 9.41. The van der Waals surface area contributed by atoms with Crippen LogP contribution in [0.4, 0.5) is 0 Å². The number of nitrogens with one attached hydrogen (secondary N) is 1. The molecule has 41 heavy (non-hydrogen) atoms. The Morgan fingerprint density at radius 3 is 2.85 bits per heavy atom. The van der Waals surface area contributed by atoms with Gasteiger partial charge in [-0.15, -0.1) is 16.4 Å². The summed E-state index contributed by atoms with van der Waals surface area (Å²) in [6, 6.07) is 13.9. The van der Waals surface area contributed by atoms with Crippen molar-refractivity contribution in [3.63, 3.8) is 0 Å². The van der Waals surface area contributed by atoms with Crippen molar-refractivity contribution in [1.29, 1.82) is 0 Å². The number of benzene rings is 2. The average molecular weight is 570 g/mol. The van der Waals surface area contributed by atoms with Gasteiger partial charge in [0.15, 0.2) is 0 Å². The molecule has 2 aliphatic rings. The van der Waals surface area contributed by atoms with Crippen molar-refractivity contribution in [3.8, 4) is 5.75 Å². The van der Waals surface area contributed by atoms with E-state index in [2.05, 4.69) is 50.7 Å². The van der Waals surface area contributed by atoms with Gasteiger partial charge in [-0.05, 0) is 84.0 Å². The fraction of sp³-hybridized carbons (Fsp3) is 0.355. The lowest BCUT2D eigenvalue weighted by molar-refractivity contribution is -0.137. The summed E-state index contributed by atoms with van der Waals surface area (Å²) in [5, 5.41) is 21.7. The quantitative estimate of drug-likeness (QED) is 0.292. The molecule has 2 N–H and O–H groups in total. The van der Waals surface area contributed by atoms with Crippen molar-refractivity contribution < 1.29 is 14.6 Å². The maximum absolute atomic E-state index is 12.2. The molecule has 1 fully saturated rings. The molecule has 10 heteroatoms. The van der Waals surface area contributed by atoms with E-state index in [0.29, 0.717) is 13.1 Å². The predicted octanol–water partition coefficient (Wildman–Crippen LogP) is 5.10. The first-order valence-corrected chi connectivity index (χ1v) is 14.8. The maximum Gasteiger partial charge on any atom is 0.304 e. The van der Waals surface area contributed by atoms with Crippen molar-refractivity contribution in [2.24, 2.45) is 7.05 Å². The van der Waals surface area contributed by atoms with E-state index in [1.165, 1.54) is 10.8 Å². The highest BCUT2D eigenvalue weighted by Gasteiger charge is 2.54. The number of carbonyl (C=O) groups is 1. The van der Waals surface area contributed by atoms with Crippen molar-refractivity contribution in [2.75, 3.05) is 0 Å². The van der Waals surface area contributed by atoms with Crippen LogP contribution in [0.3, 0.4) is 0 Å². The summed E-state index contributed by atoms with van der Waals surface area (Å²) in [6.45, 7) is 5.42. The zero-order chi connectivity index (χ0) is 28.5. The van der Waals surface area contributed by atoms with Crippen LogP contribution in [0, 0.1) is 6.92 Å². The number of thiophene rings is 1. The lowest BCUT2D eigenvalue weighted by atomic mass is 9.84. The van der Waals surface area contributed by atoms with Crippen LogP contribution in [0.2, 0.25) is 0 Å². The Morgan fingerprint density at radius 2 is 2.07 bits per heavy atom. The maximum atomic E-state index is 12.2. The second kappa shape index (κ2) is 9.53. The number of fused-ring (bicyclic) bond motifs is 3. The highest BCUT2D eigenvalue weighted by atomic mass is 32.1. The number of pyridine rings is 1. The van der Waals surface area contributed by atoms with Crippen LogP contribution >= 0.6 is 11.3 Å². The van der Waals surface area contributed by atoms with Crippen LogP contribution in [0.25, 0.3) is 21.1 Å². The van der Waals surface area contributed by atoms with Gasteiger partial charge < -0.3 is 14.8 Å². The number of carboxylic acids is 1. The molecule has 4 heterocycles.